The van der Waals surface area contributed by atoms with Crippen LogP contribution >= 0.6 is 0 Å². The van der Waals surface area contributed by atoms with Crippen LogP contribution in [0.4, 0.5) is 24.7 Å². The first-order valence-electron chi connectivity index (χ1n) is 7.58. The predicted molar refractivity (Wildman–Crippen MR) is 86.2 cm³/mol. The van der Waals surface area contributed by atoms with Crippen molar-refractivity contribution in [3.8, 4) is 0 Å². The Bertz CT molecular complexity index is 667. The Labute approximate surface area is 138 Å². The summed E-state index contributed by atoms with van der Waals surface area (Å²) >= 11 is 0. The second-order valence-electron chi connectivity index (χ2n) is 5.24. The third-order valence-electron chi connectivity index (χ3n) is 3.33. The van der Waals surface area contributed by atoms with Crippen molar-refractivity contribution in [2.75, 3.05) is 11.9 Å². The summed E-state index contributed by atoms with van der Waals surface area (Å²) in [5.41, 5.74) is 0.208. The van der Waals surface area contributed by atoms with Gasteiger partial charge in [0, 0.05) is 18.4 Å². The fourth-order valence-electron chi connectivity index (χ4n) is 1.97. The van der Waals surface area contributed by atoms with E-state index in [0.717, 1.165) is 25.0 Å². The number of nitrogens with one attached hydrogen (secondary N) is 2. The highest BCUT2D eigenvalue weighted by Crippen LogP contribution is 2.30. The van der Waals surface area contributed by atoms with Gasteiger partial charge in [0.2, 0.25) is 0 Å². The Morgan fingerprint density at radius 2 is 1.83 bits per heavy atom. The quantitative estimate of drug-likeness (QED) is 0.770. The van der Waals surface area contributed by atoms with Gasteiger partial charge in [-0.05, 0) is 42.8 Å². The zero-order valence-corrected chi connectivity index (χ0v) is 13.2. The van der Waals surface area contributed by atoms with Crippen LogP contribution in [0.5, 0.6) is 0 Å². The molecule has 1 aromatic carbocycles. The van der Waals surface area contributed by atoms with E-state index in [4.69, 9.17) is 0 Å². The number of amides is 1. The summed E-state index contributed by atoms with van der Waals surface area (Å²) in [4.78, 5) is 15.9. The second-order valence-corrected chi connectivity index (χ2v) is 5.24. The average molecular weight is 337 g/mol. The molecule has 0 radical (unpaired) electrons. The molecular weight excluding hydrogens is 319 g/mol. The second kappa shape index (κ2) is 7.81. The number of unbranched alkanes of at least 4 members (excludes halogenated alkanes) is 1. The number of pyridine rings is 1. The van der Waals surface area contributed by atoms with Crippen molar-refractivity contribution in [3.63, 3.8) is 0 Å². The molecule has 7 heteroatoms. The molecule has 0 spiro atoms. The molecule has 0 saturated heterocycles. The van der Waals surface area contributed by atoms with Crippen LogP contribution in [0, 0.1) is 0 Å². The van der Waals surface area contributed by atoms with E-state index < -0.39 is 11.7 Å². The molecule has 2 N–H and O–H groups in total. The van der Waals surface area contributed by atoms with E-state index >= 15 is 0 Å². The van der Waals surface area contributed by atoms with Crippen LogP contribution in [0.2, 0.25) is 0 Å². The van der Waals surface area contributed by atoms with Crippen molar-refractivity contribution in [1.82, 2.24) is 10.3 Å². The van der Waals surface area contributed by atoms with Crippen molar-refractivity contribution in [2.45, 2.75) is 25.9 Å². The van der Waals surface area contributed by atoms with E-state index in [9.17, 15) is 18.0 Å². The number of rotatable bonds is 6. The van der Waals surface area contributed by atoms with Crippen LogP contribution in [-0.4, -0.2) is 17.4 Å². The minimum absolute atomic E-state index is 0.197. The van der Waals surface area contributed by atoms with E-state index in [1.165, 1.54) is 18.3 Å². The Morgan fingerprint density at radius 1 is 1.12 bits per heavy atom. The molecule has 0 fully saturated rings. The maximum Gasteiger partial charge on any atom is 0.416 e. The van der Waals surface area contributed by atoms with Gasteiger partial charge in [0.15, 0.2) is 0 Å². The molecule has 128 valence electrons. The number of anilines is 2. The highest BCUT2D eigenvalue weighted by molar-refractivity contribution is 5.94. The van der Waals surface area contributed by atoms with Crippen LogP contribution in [0.15, 0.2) is 42.6 Å². The molecule has 4 nitrogen and oxygen atoms in total. The lowest BCUT2D eigenvalue weighted by Gasteiger charge is -2.09. The van der Waals surface area contributed by atoms with Gasteiger partial charge in [0.1, 0.15) is 5.82 Å². The van der Waals surface area contributed by atoms with Gasteiger partial charge in [-0.25, -0.2) is 4.98 Å². The largest absolute Gasteiger partial charge is 0.416 e. The smallest absolute Gasteiger partial charge is 0.352 e. The van der Waals surface area contributed by atoms with Gasteiger partial charge in [-0.15, -0.1) is 0 Å². The highest BCUT2D eigenvalue weighted by atomic mass is 19.4. The van der Waals surface area contributed by atoms with Gasteiger partial charge < -0.3 is 10.6 Å². The first kappa shape index (κ1) is 17.8. The Hall–Kier alpha value is -2.57. The fourth-order valence-corrected chi connectivity index (χ4v) is 1.97. The summed E-state index contributed by atoms with van der Waals surface area (Å²) in [7, 11) is 0. The number of carbonyl (C=O) groups excluding carboxylic acids is 1. The molecule has 0 bridgehead atoms. The van der Waals surface area contributed by atoms with Crippen LogP contribution in [0.25, 0.3) is 0 Å². The van der Waals surface area contributed by atoms with Gasteiger partial charge in [-0.1, -0.05) is 13.3 Å². The summed E-state index contributed by atoms with van der Waals surface area (Å²) in [5.74, 6) is 0.247. The maximum atomic E-state index is 12.5. The molecule has 0 aliphatic heterocycles. The summed E-state index contributed by atoms with van der Waals surface area (Å²) in [6.07, 6.45) is -1.03. The van der Waals surface area contributed by atoms with Crippen LogP contribution in [-0.2, 0) is 6.18 Å². The predicted octanol–water partition coefficient (Wildman–Crippen LogP) is 4.37. The van der Waals surface area contributed by atoms with Crippen molar-refractivity contribution >= 4 is 17.4 Å². The van der Waals surface area contributed by atoms with Gasteiger partial charge in [0.25, 0.3) is 5.91 Å². The summed E-state index contributed by atoms with van der Waals surface area (Å²) < 4.78 is 37.5. The lowest BCUT2D eigenvalue weighted by Crippen LogP contribution is -2.24. The lowest BCUT2D eigenvalue weighted by atomic mass is 10.2. The van der Waals surface area contributed by atoms with Crippen LogP contribution in [0.3, 0.4) is 0 Å². The standard InChI is InChI=1S/C17H18F3N3O/c1-2-3-10-21-16(24)12-4-9-15(22-11-12)23-14-7-5-13(6-8-14)17(18,19)20/h4-9,11H,2-3,10H2,1H3,(H,21,24)(H,22,23). The fraction of sp³-hybridized carbons (Fsp3) is 0.294. The molecule has 1 aromatic heterocycles. The third kappa shape index (κ3) is 4.97. The van der Waals surface area contributed by atoms with E-state index in [1.54, 1.807) is 12.1 Å². The van der Waals surface area contributed by atoms with Gasteiger partial charge >= 0.3 is 6.18 Å². The van der Waals surface area contributed by atoms with Crippen molar-refractivity contribution in [3.05, 3.63) is 53.7 Å². The lowest BCUT2D eigenvalue weighted by molar-refractivity contribution is -0.137. The third-order valence-corrected chi connectivity index (χ3v) is 3.33. The van der Waals surface area contributed by atoms with E-state index in [-0.39, 0.29) is 5.91 Å². The highest BCUT2D eigenvalue weighted by Gasteiger charge is 2.29. The van der Waals surface area contributed by atoms with Crippen molar-refractivity contribution < 1.29 is 18.0 Å². The molecule has 24 heavy (non-hydrogen) atoms. The molecule has 1 amide bonds. The molecule has 1 heterocycles. The molecular formula is C17H18F3N3O. The van der Waals surface area contributed by atoms with Gasteiger partial charge in [0.05, 0.1) is 11.1 Å². The first-order chi connectivity index (χ1) is 11.4. The van der Waals surface area contributed by atoms with E-state index in [1.807, 2.05) is 6.92 Å². The molecule has 2 rings (SSSR count). The number of benzene rings is 1. The summed E-state index contributed by atoms with van der Waals surface area (Å²) in [6.45, 7) is 2.65. The average Bonchev–Trinajstić information content (AvgIpc) is 2.55. The van der Waals surface area contributed by atoms with Crippen molar-refractivity contribution in [1.29, 1.82) is 0 Å². The Morgan fingerprint density at radius 3 is 2.38 bits per heavy atom. The van der Waals surface area contributed by atoms with Gasteiger partial charge in [-0.3, -0.25) is 4.79 Å². The number of aromatic nitrogens is 1. The Balaban J connectivity index is 1.97. The minimum Gasteiger partial charge on any atom is -0.352 e. The normalized spacial score (nSPS) is 11.2. The SMILES string of the molecule is CCCCNC(=O)c1ccc(Nc2ccc(C(F)(F)F)cc2)nc1. The molecule has 0 saturated carbocycles. The zero-order chi connectivity index (χ0) is 17.6. The van der Waals surface area contributed by atoms with E-state index in [0.29, 0.717) is 23.6 Å². The molecule has 0 unspecified atom stereocenters. The number of halogens is 3. The monoisotopic (exact) mass is 337 g/mol. The van der Waals surface area contributed by atoms with Crippen LogP contribution in [0.1, 0.15) is 35.7 Å². The number of hydrogen-bond donors (Lipinski definition) is 2. The number of hydrogen-bond acceptors (Lipinski definition) is 3. The summed E-state index contributed by atoms with van der Waals surface area (Å²) in [6, 6.07) is 7.87. The molecule has 0 aliphatic rings. The Kier molecular flexibility index (Phi) is 5.78. The van der Waals surface area contributed by atoms with Crippen LogP contribution < -0.4 is 10.6 Å². The summed E-state index contributed by atoms with van der Waals surface area (Å²) in [5, 5.41) is 5.67. The molecule has 0 aliphatic carbocycles. The first-order valence-corrected chi connectivity index (χ1v) is 7.58. The van der Waals surface area contributed by atoms with Crippen molar-refractivity contribution in [2.24, 2.45) is 0 Å². The minimum atomic E-state index is -4.36. The maximum absolute atomic E-state index is 12.5. The number of alkyl halides is 3. The topological polar surface area (TPSA) is 54.0 Å². The number of carbonyl (C=O) groups is 1. The molecule has 0 atom stereocenters. The number of nitrogens with zero attached hydrogens (tertiary/aromatic N) is 1. The molecule has 2 aromatic rings. The zero-order valence-electron chi connectivity index (χ0n) is 13.2. The van der Waals surface area contributed by atoms with Gasteiger partial charge in [-0.2, -0.15) is 13.2 Å². The van der Waals surface area contributed by atoms with E-state index in [2.05, 4.69) is 15.6 Å².